The second kappa shape index (κ2) is 7.42. The van der Waals surface area contributed by atoms with Gasteiger partial charge in [-0.15, -0.1) is 0 Å². The molecule has 0 bridgehead atoms. The normalized spacial score (nSPS) is 12.8. The van der Waals surface area contributed by atoms with Gasteiger partial charge >= 0.3 is 129 Å². The third-order valence-electron chi connectivity index (χ3n) is 4.16. The second-order valence-electron chi connectivity index (χ2n) is 4.92. The Balaban J connectivity index is 3.06. The van der Waals surface area contributed by atoms with Gasteiger partial charge in [0.05, 0.1) is 0 Å². The van der Waals surface area contributed by atoms with Gasteiger partial charge in [0.2, 0.25) is 0 Å². The van der Waals surface area contributed by atoms with Gasteiger partial charge in [-0.05, 0) is 0 Å². The summed E-state index contributed by atoms with van der Waals surface area (Å²) in [5.74, 6) is 0. The second-order valence-corrected chi connectivity index (χ2v) is 37.0. The SMILES string of the molecule is C[CH2][Sn]([Cl])([CH2]C)[c]1cc[c]([Sn]([Cl])([CH2]C)[CH2]C)cc1. The molecule has 0 radical (unpaired) electrons. The van der Waals surface area contributed by atoms with Crippen molar-refractivity contribution >= 4 is 59.5 Å². The molecule has 0 spiro atoms. The number of hydrogen-bond donors (Lipinski definition) is 0. The molecule has 0 nitrogen and oxygen atoms in total. The standard InChI is InChI=1S/C6H4.4C2H5.2ClH.2Sn/c1-2-4-6-5-3-1;4*1-2;;;;/h1-2,5-6H;4*1H2,2H3;2*1H;;/q;;;;;;;2*+1/p-2. The number of rotatable bonds is 6. The minimum absolute atomic E-state index is 1.17. The quantitative estimate of drug-likeness (QED) is 0.503. The summed E-state index contributed by atoms with van der Waals surface area (Å²) in [6, 6.07) is 9.13. The molecule has 1 rings (SSSR count). The Kier molecular flexibility index (Phi) is 7.19. The summed E-state index contributed by atoms with van der Waals surface area (Å²) in [6.45, 7) is 8.96. The van der Waals surface area contributed by atoms with Crippen LogP contribution in [-0.4, -0.2) is 34.5 Å². The molecule has 0 saturated heterocycles. The Morgan fingerprint density at radius 2 is 0.889 bits per heavy atom. The van der Waals surface area contributed by atoms with Crippen LogP contribution in [0.25, 0.3) is 0 Å². The summed E-state index contributed by atoms with van der Waals surface area (Å²) in [4.78, 5) is 0. The third-order valence-corrected chi connectivity index (χ3v) is 34.9. The molecule has 0 amide bonds. The predicted molar refractivity (Wildman–Crippen MR) is 90.8 cm³/mol. The van der Waals surface area contributed by atoms with Gasteiger partial charge in [0, 0.05) is 0 Å². The van der Waals surface area contributed by atoms with Crippen molar-refractivity contribution in [3.05, 3.63) is 24.3 Å². The molecule has 0 aliphatic heterocycles. The van der Waals surface area contributed by atoms with Crippen molar-refractivity contribution in [2.45, 2.75) is 45.4 Å². The number of halogens is 2. The van der Waals surface area contributed by atoms with Crippen LogP contribution in [0.15, 0.2) is 24.3 Å². The van der Waals surface area contributed by atoms with E-state index in [1.165, 1.54) is 24.9 Å². The average molecular weight is 501 g/mol. The molecule has 0 N–H and O–H groups in total. The van der Waals surface area contributed by atoms with E-state index in [4.69, 9.17) is 17.8 Å². The molecular weight excluding hydrogens is 476 g/mol. The molecule has 4 heteroatoms. The van der Waals surface area contributed by atoms with Gasteiger partial charge in [0.1, 0.15) is 0 Å². The molecule has 0 saturated carbocycles. The van der Waals surface area contributed by atoms with Gasteiger partial charge in [-0.2, -0.15) is 0 Å². The van der Waals surface area contributed by atoms with E-state index in [0.29, 0.717) is 0 Å². The molecule has 1 aromatic carbocycles. The molecule has 102 valence electrons. The summed E-state index contributed by atoms with van der Waals surface area (Å²) in [5, 5.41) is 0. The Labute approximate surface area is 128 Å². The van der Waals surface area contributed by atoms with Crippen LogP contribution in [0, 0.1) is 0 Å². The maximum atomic E-state index is 6.86. The summed E-state index contributed by atoms with van der Waals surface area (Å²) in [6.07, 6.45) is 0. The van der Waals surface area contributed by atoms with Crippen LogP contribution >= 0.6 is 17.8 Å². The van der Waals surface area contributed by atoms with Crippen LogP contribution in [0.5, 0.6) is 0 Å². The van der Waals surface area contributed by atoms with E-state index in [9.17, 15) is 0 Å². The van der Waals surface area contributed by atoms with Gasteiger partial charge in [0.15, 0.2) is 0 Å². The van der Waals surface area contributed by atoms with Crippen molar-refractivity contribution in [1.29, 1.82) is 0 Å². The molecule has 18 heavy (non-hydrogen) atoms. The van der Waals surface area contributed by atoms with Crippen LogP contribution in [0.3, 0.4) is 0 Å². The molecule has 1 aromatic rings. The summed E-state index contributed by atoms with van der Waals surface area (Å²) in [7, 11) is 13.7. The Morgan fingerprint density at radius 1 is 0.667 bits per heavy atom. The molecular formula is C14H24Cl2Sn2. The fourth-order valence-corrected chi connectivity index (χ4v) is 16.0. The van der Waals surface area contributed by atoms with Gasteiger partial charge in [-0.1, -0.05) is 0 Å². The van der Waals surface area contributed by atoms with Crippen molar-refractivity contribution in [3.63, 3.8) is 0 Å². The number of hydrogen-bond acceptors (Lipinski definition) is 0. The van der Waals surface area contributed by atoms with Crippen molar-refractivity contribution in [3.8, 4) is 0 Å². The van der Waals surface area contributed by atoms with E-state index in [2.05, 4.69) is 52.0 Å². The molecule has 0 aromatic heterocycles. The van der Waals surface area contributed by atoms with E-state index in [0.717, 1.165) is 0 Å². The third kappa shape index (κ3) is 3.73. The van der Waals surface area contributed by atoms with E-state index >= 15 is 0 Å². The van der Waals surface area contributed by atoms with Crippen LogP contribution in [0.4, 0.5) is 0 Å². The average Bonchev–Trinajstić information content (AvgIpc) is 2.45. The summed E-state index contributed by atoms with van der Waals surface area (Å²) >= 11 is -5.00. The topological polar surface area (TPSA) is 0 Å². The van der Waals surface area contributed by atoms with E-state index in [1.807, 2.05) is 0 Å². The first-order valence-corrected chi connectivity index (χ1v) is 25.1. The van der Waals surface area contributed by atoms with Gasteiger partial charge in [0.25, 0.3) is 0 Å². The van der Waals surface area contributed by atoms with Gasteiger partial charge < -0.3 is 0 Å². The zero-order chi connectivity index (χ0) is 13.8. The Bertz CT molecular complexity index is 331. The van der Waals surface area contributed by atoms with E-state index < -0.39 is 34.5 Å². The summed E-state index contributed by atoms with van der Waals surface area (Å²) < 4.78 is 7.56. The molecule has 0 atom stereocenters. The van der Waals surface area contributed by atoms with Crippen molar-refractivity contribution in [2.24, 2.45) is 0 Å². The first kappa shape index (κ1) is 17.4. The fourth-order valence-electron chi connectivity index (χ4n) is 2.38. The Hall–Kier alpha value is 1.40. The molecule has 0 aliphatic carbocycles. The van der Waals surface area contributed by atoms with Crippen LogP contribution in [0.1, 0.15) is 27.7 Å². The van der Waals surface area contributed by atoms with E-state index in [1.54, 1.807) is 0 Å². The monoisotopic (exact) mass is 502 g/mol. The van der Waals surface area contributed by atoms with Crippen LogP contribution in [0.2, 0.25) is 17.7 Å². The minimum atomic E-state index is -2.50. The molecule has 0 unspecified atom stereocenters. The molecule has 0 aliphatic rings. The molecule has 0 heterocycles. The summed E-state index contributed by atoms with van der Waals surface area (Å²) in [5.41, 5.74) is 0. The van der Waals surface area contributed by atoms with Crippen LogP contribution < -0.4 is 7.16 Å². The maximum absolute atomic E-state index is 6.86. The van der Waals surface area contributed by atoms with Crippen molar-refractivity contribution in [2.75, 3.05) is 0 Å². The first-order valence-electron chi connectivity index (χ1n) is 6.94. The molecule has 0 fully saturated rings. The number of benzene rings is 1. The predicted octanol–water partition coefficient (Wildman–Crippen LogP) is 4.55. The first-order chi connectivity index (χ1) is 8.45. The fraction of sp³-hybridized carbons (Fsp3) is 0.571. The van der Waals surface area contributed by atoms with Gasteiger partial charge in [-0.3, -0.25) is 0 Å². The zero-order valence-corrected chi connectivity index (χ0v) is 19.1. The Morgan fingerprint density at radius 3 is 1.06 bits per heavy atom. The van der Waals surface area contributed by atoms with E-state index in [-0.39, 0.29) is 0 Å². The van der Waals surface area contributed by atoms with Crippen molar-refractivity contribution in [1.82, 2.24) is 0 Å². The zero-order valence-electron chi connectivity index (χ0n) is 11.9. The van der Waals surface area contributed by atoms with Crippen molar-refractivity contribution < 1.29 is 0 Å². The van der Waals surface area contributed by atoms with Gasteiger partial charge in [-0.25, -0.2) is 0 Å². The van der Waals surface area contributed by atoms with Crippen LogP contribution in [-0.2, 0) is 0 Å².